The molecule has 0 bridgehead atoms. The maximum Gasteiger partial charge on any atom is 0.417 e. The number of alkyl halides is 5. The number of nitrogen functional groups attached to an aromatic ring is 1. The Morgan fingerprint density at radius 1 is 1.23 bits per heavy atom. The van der Waals surface area contributed by atoms with Gasteiger partial charge in [0.1, 0.15) is 40.7 Å². The van der Waals surface area contributed by atoms with E-state index in [9.17, 15) is 23.2 Å². The summed E-state index contributed by atoms with van der Waals surface area (Å²) in [6.07, 6.45) is -4.90. The molecule has 0 radical (unpaired) electrons. The standard InChI is InChI=1S/C35H34F7N7O3S/c1-4-49(16-7-8-48(13-16)32(50)23-11-34(23,38)39)31-20-10-22(35(40,41)42)26(19-5-6-24(36)29-25(19)21(12-43)30(44)53-29)27(37)28(20)45-33(46-31)52-15-17-9-18(51-3)14-47(17)2/h5-6,10,16-18,23H,4,7-9,11,13-15,44H2,1-3H3/t16-,17-,18+,23-/m0/s1. The van der Waals surface area contributed by atoms with E-state index in [1.165, 1.54) is 4.90 Å². The summed E-state index contributed by atoms with van der Waals surface area (Å²) in [6.45, 7) is 2.59. The number of ether oxygens (including phenoxy) is 2. The van der Waals surface area contributed by atoms with Crippen LogP contribution in [0, 0.1) is 28.9 Å². The minimum Gasteiger partial charge on any atom is -0.462 e. The number of likely N-dealkylation sites (tertiary alicyclic amines) is 2. The Morgan fingerprint density at radius 2 is 1.96 bits per heavy atom. The monoisotopic (exact) mass is 765 g/mol. The molecule has 4 aromatic rings. The summed E-state index contributed by atoms with van der Waals surface area (Å²) in [6, 6.07) is 3.29. The number of carbonyl (C=O) groups excluding carboxylic acids is 1. The SMILES string of the molecule is CCN(c1nc(OC[C@@H]2C[C@@H](OC)CN2C)nc2c(F)c(-c3ccc(F)c4sc(N)c(C#N)c34)c(C(F)(F)F)cc12)[C@H]1CCN(C(=O)[C@@H]2CC2(F)F)C1. The van der Waals surface area contributed by atoms with Gasteiger partial charge in [0.2, 0.25) is 5.91 Å². The number of fused-ring (bicyclic) bond motifs is 2. The number of hydrogen-bond donors (Lipinski definition) is 1. The molecule has 53 heavy (non-hydrogen) atoms. The van der Waals surface area contributed by atoms with Gasteiger partial charge in [0.05, 0.1) is 21.9 Å². The van der Waals surface area contributed by atoms with E-state index in [1.807, 2.05) is 11.9 Å². The van der Waals surface area contributed by atoms with Gasteiger partial charge in [0, 0.05) is 68.1 Å². The fraction of sp³-hybridized carbons (Fsp3) is 0.486. The Kier molecular flexibility index (Phi) is 9.34. The zero-order valence-corrected chi connectivity index (χ0v) is 29.6. The lowest BCUT2D eigenvalue weighted by Gasteiger charge is -2.30. The summed E-state index contributed by atoms with van der Waals surface area (Å²) in [5.74, 6) is -7.58. The number of likely N-dealkylation sites (N-methyl/N-ethyl adjacent to an activating group) is 2. The third-order valence-corrected chi connectivity index (χ3v) is 11.5. The summed E-state index contributed by atoms with van der Waals surface area (Å²) >= 11 is 0.657. The summed E-state index contributed by atoms with van der Waals surface area (Å²) in [4.78, 5) is 26.5. The van der Waals surface area contributed by atoms with E-state index in [2.05, 4.69) is 9.97 Å². The third-order valence-electron chi connectivity index (χ3n) is 10.4. The molecule has 2 aromatic carbocycles. The molecule has 282 valence electrons. The Hall–Kier alpha value is -4.47. The van der Waals surface area contributed by atoms with Crippen molar-refractivity contribution < 1.29 is 45.0 Å². The summed E-state index contributed by atoms with van der Waals surface area (Å²) in [5.41, 5.74) is 2.31. The molecule has 2 N–H and O–H groups in total. The maximum atomic E-state index is 17.1. The van der Waals surface area contributed by atoms with Crippen LogP contribution in [0.1, 0.15) is 37.3 Å². The van der Waals surface area contributed by atoms with Crippen molar-refractivity contribution >= 4 is 49.1 Å². The lowest BCUT2D eigenvalue weighted by molar-refractivity contribution is -0.137. The van der Waals surface area contributed by atoms with Crippen LogP contribution in [0.3, 0.4) is 0 Å². The topological polar surface area (TPSA) is 121 Å². The van der Waals surface area contributed by atoms with Crippen LogP contribution in [-0.2, 0) is 15.7 Å². The van der Waals surface area contributed by atoms with Crippen molar-refractivity contribution in [1.82, 2.24) is 19.8 Å². The van der Waals surface area contributed by atoms with E-state index >= 15 is 17.6 Å². The third kappa shape index (κ3) is 6.46. The highest BCUT2D eigenvalue weighted by Gasteiger charge is 2.62. The molecule has 0 spiro atoms. The zero-order chi connectivity index (χ0) is 38.1. The number of amides is 1. The average Bonchev–Trinajstić information content (AvgIpc) is 3.47. The molecule has 1 saturated carbocycles. The molecule has 2 aliphatic heterocycles. The number of carbonyl (C=O) groups is 1. The van der Waals surface area contributed by atoms with Crippen LogP contribution in [0.2, 0.25) is 0 Å². The fourth-order valence-corrected chi connectivity index (χ4v) is 8.46. The van der Waals surface area contributed by atoms with Crippen LogP contribution < -0.4 is 15.4 Å². The molecule has 4 atom stereocenters. The van der Waals surface area contributed by atoms with E-state index in [4.69, 9.17) is 15.2 Å². The molecule has 7 rings (SSSR count). The van der Waals surface area contributed by atoms with Crippen molar-refractivity contribution in [2.24, 2.45) is 5.92 Å². The number of anilines is 2. The summed E-state index contributed by atoms with van der Waals surface area (Å²) in [5, 5.41) is 9.09. The van der Waals surface area contributed by atoms with Crippen molar-refractivity contribution in [1.29, 1.82) is 5.26 Å². The van der Waals surface area contributed by atoms with E-state index in [-0.39, 0.29) is 82.7 Å². The van der Waals surface area contributed by atoms with E-state index in [0.29, 0.717) is 30.4 Å². The number of aromatic nitrogens is 2. The molecule has 1 aliphatic carbocycles. The molecular weight excluding hydrogens is 731 g/mol. The highest BCUT2D eigenvalue weighted by molar-refractivity contribution is 7.23. The molecule has 2 aromatic heterocycles. The van der Waals surface area contributed by atoms with Gasteiger partial charge in [-0.1, -0.05) is 6.07 Å². The van der Waals surface area contributed by atoms with Crippen molar-refractivity contribution in [3.05, 3.63) is 41.0 Å². The first-order valence-corrected chi connectivity index (χ1v) is 17.7. The molecule has 10 nitrogen and oxygen atoms in total. The second-order valence-corrected chi connectivity index (χ2v) is 14.7. The van der Waals surface area contributed by atoms with Crippen LogP contribution in [0.25, 0.3) is 32.1 Å². The quantitative estimate of drug-likeness (QED) is 0.192. The number of methoxy groups -OCH3 is 1. The molecule has 0 unspecified atom stereocenters. The van der Waals surface area contributed by atoms with Crippen LogP contribution >= 0.6 is 11.3 Å². The first kappa shape index (κ1) is 36.9. The van der Waals surface area contributed by atoms with Gasteiger partial charge in [-0.15, -0.1) is 11.3 Å². The summed E-state index contributed by atoms with van der Waals surface area (Å²) in [7, 11) is 3.45. The predicted molar refractivity (Wildman–Crippen MR) is 183 cm³/mol. The number of hydrogen-bond acceptors (Lipinski definition) is 10. The van der Waals surface area contributed by atoms with Crippen LogP contribution in [0.5, 0.6) is 6.01 Å². The molecular formula is C35H34F7N7O3S. The molecule has 18 heteroatoms. The first-order valence-electron chi connectivity index (χ1n) is 16.9. The van der Waals surface area contributed by atoms with Gasteiger partial charge in [-0.25, -0.2) is 17.6 Å². The average molecular weight is 766 g/mol. The van der Waals surface area contributed by atoms with E-state index in [0.717, 1.165) is 12.1 Å². The fourth-order valence-electron chi connectivity index (χ4n) is 7.51. The Morgan fingerprint density at radius 3 is 2.58 bits per heavy atom. The Bertz CT molecular complexity index is 2160. The van der Waals surface area contributed by atoms with Crippen molar-refractivity contribution in [3.63, 3.8) is 0 Å². The second kappa shape index (κ2) is 13.4. The van der Waals surface area contributed by atoms with Gasteiger partial charge in [-0.3, -0.25) is 9.69 Å². The lowest BCUT2D eigenvalue weighted by Crippen LogP contribution is -2.40. The highest BCUT2D eigenvalue weighted by atomic mass is 32.1. The molecule has 2 saturated heterocycles. The predicted octanol–water partition coefficient (Wildman–Crippen LogP) is 6.44. The van der Waals surface area contributed by atoms with Gasteiger partial charge < -0.3 is 25.0 Å². The van der Waals surface area contributed by atoms with Crippen molar-refractivity contribution in [2.75, 3.05) is 57.6 Å². The number of rotatable bonds is 9. The highest BCUT2D eigenvalue weighted by Crippen LogP contribution is 2.51. The van der Waals surface area contributed by atoms with E-state index < -0.39 is 70.2 Å². The lowest BCUT2D eigenvalue weighted by atomic mass is 9.92. The van der Waals surface area contributed by atoms with Crippen molar-refractivity contribution in [2.45, 2.75) is 56.5 Å². The van der Waals surface area contributed by atoms with Gasteiger partial charge in [-0.2, -0.15) is 28.4 Å². The number of thiophene rings is 1. The van der Waals surface area contributed by atoms with Crippen LogP contribution in [0.15, 0.2) is 18.2 Å². The first-order chi connectivity index (χ1) is 25.1. The van der Waals surface area contributed by atoms with Crippen LogP contribution in [0.4, 0.5) is 41.6 Å². The zero-order valence-electron chi connectivity index (χ0n) is 28.7. The van der Waals surface area contributed by atoms with Gasteiger partial charge in [0.15, 0.2) is 5.82 Å². The number of nitriles is 1. The molecule has 3 aliphatic rings. The number of nitrogens with two attached hydrogens (primary N) is 1. The number of nitrogens with zero attached hydrogens (tertiary/aromatic N) is 6. The normalized spacial score (nSPS) is 22.8. The van der Waals surface area contributed by atoms with Crippen LogP contribution in [-0.4, -0.2) is 96.7 Å². The maximum absolute atomic E-state index is 17.1. The Balaban J connectivity index is 1.40. The number of benzene rings is 2. The number of halogens is 7. The second-order valence-electron chi connectivity index (χ2n) is 13.6. The largest absolute Gasteiger partial charge is 0.462 e. The van der Waals surface area contributed by atoms with Gasteiger partial charge in [0.25, 0.3) is 5.92 Å². The van der Waals surface area contributed by atoms with Gasteiger partial charge in [-0.05, 0) is 44.5 Å². The smallest absolute Gasteiger partial charge is 0.417 e. The van der Waals surface area contributed by atoms with Crippen molar-refractivity contribution in [3.8, 4) is 23.2 Å². The molecule has 1 amide bonds. The minimum atomic E-state index is -5.17. The molecule has 3 fully saturated rings. The molecule has 4 heterocycles. The van der Waals surface area contributed by atoms with E-state index in [1.54, 1.807) is 25.0 Å². The van der Waals surface area contributed by atoms with Gasteiger partial charge >= 0.3 is 12.2 Å². The Labute approximate surface area is 302 Å². The summed E-state index contributed by atoms with van der Waals surface area (Å²) < 4.78 is 116. The minimum absolute atomic E-state index is 0.0109.